The fraction of sp³-hybridized carbons (Fsp3) is 0.158. The second-order valence-corrected chi connectivity index (χ2v) is 6.66. The lowest BCUT2D eigenvalue weighted by molar-refractivity contribution is -0.117. The maximum atomic E-state index is 11.5. The van der Waals surface area contributed by atoms with Crippen molar-refractivity contribution in [2.45, 2.75) is 20.4 Å². The molecule has 2 N–H and O–H groups in total. The number of hydrazine groups is 1. The average Bonchev–Trinajstić information content (AvgIpc) is 2.95. The van der Waals surface area contributed by atoms with Gasteiger partial charge in [0.15, 0.2) is 0 Å². The van der Waals surface area contributed by atoms with Gasteiger partial charge in [-0.3, -0.25) is 20.3 Å². The van der Waals surface area contributed by atoms with Crippen molar-refractivity contribution in [2.24, 2.45) is 0 Å². The van der Waals surface area contributed by atoms with E-state index >= 15 is 0 Å². The number of hydrogen-bond acceptors (Lipinski definition) is 3. The molecule has 0 unspecified atom stereocenters. The zero-order valence-electron chi connectivity index (χ0n) is 14.1. The number of H-pyrrole nitrogens is 1. The summed E-state index contributed by atoms with van der Waals surface area (Å²) in [7, 11) is 0. The standard InChI is InChI=1S/C19H19BrN4O/c1-13-6-3-4-7-16(13)11-24(12-25)23-17-9-5-8-15(10-17)19-18(20)14(2)21-22-19/h3-10,12,23H,11H2,1-2H3,(H,21,22). The molecule has 25 heavy (non-hydrogen) atoms. The predicted octanol–water partition coefficient (Wildman–Crippen LogP) is 4.44. The molecule has 0 saturated heterocycles. The number of benzene rings is 2. The predicted molar refractivity (Wildman–Crippen MR) is 103 cm³/mol. The number of carbonyl (C=O) groups excluding carboxylic acids is 1. The molecule has 3 aromatic rings. The molecule has 6 heteroatoms. The number of aromatic amines is 1. The van der Waals surface area contributed by atoms with Crippen molar-refractivity contribution >= 4 is 28.0 Å². The molecule has 3 rings (SSSR count). The Morgan fingerprint density at radius 2 is 2.00 bits per heavy atom. The van der Waals surface area contributed by atoms with E-state index in [9.17, 15) is 4.79 Å². The Balaban J connectivity index is 1.80. The Morgan fingerprint density at radius 1 is 1.20 bits per heavy atom. The minimum Gasteiger partial charge on any atom is -0.296 e. The van der Waals surface area contributed by atoms with Gasteiger partial charge in [-0.05, 0) is 53.0 Å². The Kier molecular flexibility index (Phi) is 5.19. The van der Waals surface area contributed by atoms with Gasteiger partial charge in [0.25, 0.3) is 0 Å². The molecule has 0 fully saturated rings. The van der Waals surface area contributed by atoms with Crippen molar-refractivity contribution < 1.29 is 4.79 Å². The largest absolute Gasteiger partial charge is 0.296 e. The van der Waals surface area contributed by atoms with Crippen LogP contribution in [0.5, 0.6) is 0 Å². The number of hydrogen-bond donors (Lipinski definition) is 2. The van der Waals surface area contributed by atoms with Crippen molar-refractivity contribution in [2.75, 3.05) is 5.43 Å². The molecule has 0 spiro atoms. The van der Waals surface area contributed by atoms with Gasteiger partial charge in [0, 0.05) is 11.3 Å². The fourth-order valence-corrected chi connectivity index (χ4v) is 2.99. The highest BCUT2D eigenvalue weighted by Crippen LogP contribution is 2.30. The SMILES string of the molecule is Cc1ccccc1CN(C=O)Nc1cccc(-c2n[nH]c(C)c2Br)c1. The van der Waals surface area contributed by atoms with Crippen LogP contribution in [0.3, 0.4) is 0 Å². The summed E-state index contributed by atoms with van der Waals surface area (Å²) in [5.74, 6) is 0. The molecule has 0 aliphatic rings. The molecular weight excluding hydrogens is 380 g/mol. The van der Waals surface area contributed by atoms with E-state index in [1.807, 2.05) is 62.4 Å². The first-order valence-corrected chi connectivity index (χ1v) is 8.72. The van der Waals surface area contributed by atoms with Crippen LogP contribution in [0.1, 0.15) is 16.8 Å². The van der Waals surface area contributed by atoms with Gasteiger partial charge in [0.2, 0.25) is 6.41 Å². The molecule has 2 aromatic carbocycles. The molecule has 1 heterocycles. The van der Waals surface area contributed by atoms with Crippen LogP contribution in [-0.2, 0) is 11.3 Å². The lowest BCUT2D eigenvalue weighted by Crippen LogP contribution is -2.28. The van der Waals surface area contributed by atoms with Gasteiger partial charge < -0.3 is 0 Å². The summed E-state index contributed by atoms with van der Waals surface area (Å²) in [6.07, 6.45) is 0.799. The second kappa shape index (κ2) is 7.53. The van der Waals surface area contributed by atoms with E-state index in [0.717, 1.165) is 44.6 Å². The average molecular weight is 399 g/mol. The van der Waals surface area contributed by atoms with Crippen LogP contribution < -0.4 is 5.43 Å². The van der Waals surface area contributed by atoms with Crippen molar-refractivity contribution in [3.63, 3.8) is 0 Å². The Hall–Kier alpha value is -2.60. The third-order valence-electron chi connectivity index (χ3n) is 4.01. The number of anilines is 1. The van der Waals surface area contributed by atoms with Gasteiger partial charge in [-0.1, -0.05) is 36.4 Å². The van der Waals surface area contributed by atoms with Crippen LogP contribution in [0.15, 0.2) is 53.0 Å². The summed E-state index contributed by atoms with van der Waals surface area (Å²) in [6.45, 7) is 4.49. The van der Waals surface area contributed by atoms with E-state index in [2.05, 4.69) is 31.6 Å². The number of carbonyl (C=O) groups is 1. The van der Waals surface area contributed by atoms with E-state index in [0.29, 0.717) is 6.54 Å². The van der Waals surface area contributed by atoms with Crippen LogP contribution in [-0.4, -0.2) is 21.6 Å². The van der Waals surface area contributed by atoms with Crippen LogP contribution >= 0.6 is 15.9 Å². The lowest BCUT2D eigenvalue weighted by Gasteiger charge is -2.21. The van der Waals surface area contributed by atoms with Gasteiger partial charge in [-0.2, -0.15) is 5.10 Å². The molecule has 128 valence electrons. The highest BCUT2D eigenvalue weighted by molar-refractivity contribution is 9.10. The van der Waals surface area contributed by atoms with Gasteiger partial charge in [-0.15, -0.1) is 0 Å². The summed E-state index contributed by atoms with van der Waals surface area (Å²) < 4.78 is 0.941. The lowest BCUT2D eigenvalue weighted by atomic mass is 10.1. The normalized spacial score (nSPS) is 10.5. The molecule has 5 nitrogen and oxygen atoms in total. The number of rotatable bonds is 6. The molecule has 1 amide bonds. The zero-order chi connectivity index (χ0) is 17.8. The number of nitrogens with zero attached hydrogens (tertiary/aromatic N) is 2. The minimum absolute atomic E-state index is 0.492. The van der Waals surface area contributed by atoms with Gasteiger partial charge >= 0.3 is 0 Å². The number of nitrogens with one attached hydrogen (secondary N) is 2. The van der Waals surface area contributed by atoms with Crippen molar-refractivity contribution in [1.29, 1.82) is 0 Å². The number of halogens is 1. The van der Waals surface area contributed by atoms with Crippen LogP contribution in [0.4, 0.5) is 5.69 Å². The maximum Gasteiger partial charge on any atom is 0.228 e. The number of amides is 1. The Bertz CT molecular complexity index is 891. The van der Waals surface area contributed by atoms with Gasteiger partial charge in [-0.25, -0.2) is 0 Å². The number of aromatic nitrogens is 2. The first-order valence-electron chi connectivity index (χ1n) is 7.92. The molecule has 1 aromatic heterocycles. The first-order chi connectivity index (χ1) is 12.1. The van der Waals surface area contributed by atoms with Crippen LogP contribution in [0.2, 0.25) is 0 Å². The molecule has 0 aliphatic heterocycles. The smallest absolute Gasteiger partial charge is 0.228 e. The van der Waals surface area contributed by atoms with Crippen molar-refractivity contribution in [3.05, 3.63) is 69.8 Å². The highest BCUT2D eigenvalue weighted by Gasteiger charge is 2.11. The van der Waals surface area contributed by atoms with E-state index in [1.165, 1.54) is 5.01 Å². The second-order valence-electron chi connectivity index (χ2n) is 5.86. The summed E-state index contributed by atoms with van der Waals surface area (Å²) in [5, 5.41) is 8.82. The van der Waals surface area contributed by atoms with E-state index in [1.54, 1.807) is 0 Å². The number of aryl methyl sites for hydroxylation is 2. The quantitative estimate of drug-likeness (QED) is 0.476. The van der Waals surface area contributed by atoms with Gasteiger partial charge in [0.05, 0.1) is 16.7 Å². The highest BCUT2D eigenvalue weighted by atomic mass is 79.9. The molecule has 0 radical (unpaired) electrons. The van der Waals surface area contributed by atoms with Crippen molar-refractivity contribution in [3.8, 4) is 11.3 Å². The Morgan fingerprint density at radius 3 is 2.68 bits per heavy atom. The summed E-state index contributed by atoms with van der Waals surface area (Å²) >= 11 is 3.55. The molecule has 0 aliphatic carbocycles. The van der Waals surface area contributed by atoms with E-state index in [4.69, 9.17) is 0 Å². The first kappa shape index (κ1) is 17.2. The van der Waals surface area contributed by atoms with E-state index in [-0.39, 0.29) is 0 Å². The third-order valence-corrected chi connectivity index (χ3v) is 4.98. The monoisotopic (exact) mass is 398 g/mol. The zero-order valence-corrected chi connectivity index (χ0v) is 15.7. The van der Waals surface area contributed by atoms with E-state index < -0.39 is 0 Å². The fourth-order valence-electron chi connectivity index (χ4n) is 2.58. The van der Waals surface area contributed by atoms with Crippen molar-refractivity contribution in [1.82, 2.24) is 15.2 Å². The molecule has 0 bridgehead atoms. The summed E-state index contributed by atoms with van der Waals surface area (Å²) in [6, 6.07) is 15.8. The van der Waals surface area contributed by atoms with Gasteiger partial charge in [0.1, 0.15) is 5.69 Å². The third kappa shape index (κ3) is 3.91. The van der Waals surface area contributed by atoms with Crippen LogP contribution in [0.25, 0.3) is 11.3 Å². The maximum absolute atomic E-state index is 11.5. The molecular formula is C19H19BrN4O. The summed E-state index contributed by atoms with van der Waals surface area (Å²) in [4.78, 5) is 11.5. The molecule has 0 atom stereocenters. The molecule has 0 saturated carbocycles. The topological polar surface area (TPSA) is 61.0 Å². The van der Waals surface area contributed by atoms with Crippen LogP contribution in [0, 0.1) is 13.8 Å². The summed E-state index contributed by atoms with van der Waals surface area (Å²) in [5.41, 5.74) is 9.01. The Labute approximate surface area is 155 Å². The minimum atomic E-state index is 0.492.